The van der Waals surface area contributed by atoms with Crippen LogP contribution in [0.5, 0.6) is 0 Å². The first kappa shape index (κ1) is 14.5. The van der Waals surface area contributed by atoms with Crippen LogP contribution in [0.2, 0.25) is 0 Å². The molecule has 0 aromatic carbocycles. The fraction of sp³-hybridized carbons (Fsp3) is 0.533. The number of hydrogen-bond donors (Lipinski definition) is 0. The van der Waals surface area contributed by atoms with Crippen LogP contribution in [0.3, 0.4) is 0 Å². The quantitative estimate of drug-likeness (QED) is 0.840. The highest BCUT2D eigenvalue weighted by atomic mass is 16.2. The summed E-state index contributed by atoms with van der Waals surface area (Å²) in [5.74, 6) is 0.277. The lowest BCUT2D eigenvalue weighted by molar-refractivity contribution is -0.119. The van der Waals surface area contributed by atoms with Crippen molar-refractivity contribution >= 4 is 17.4 Å². The Bertz CT molecular complexity index is 488. The molecule has 1 amide bonds. The van der Waals surface area contributed by atoms with Crippen molar-refractivity contribution in [2.45, 2.75) is 26.7 Å². The van der Waals surface area contributed by atoms with Crippen molar-refractivity contribution in [3.63, 3.8) is 0 Å². The van der Waals surface area contributed by atoms with Gasteiger partial charge < -0.3 is 9.80 Å². The van der Waals surface area contributed by atoms with Gasteiger partial charge in [0.05, 0.1) is 0 Å². The molecule has 0 radical (unpaired) electrons. The van der Waals surface area contributed by atoms with Crippen LogP contribution in [-0.4, -0.2) is 47.8 Å². The summed E-state index contributed by atoms with van der Waals surface area (Å²) in [6, 6.07) is 3.73. The van der Waals surface area contributed by atoms with Crippen LogP contribution < -0.4 is 4.90 Å². The van der Waals surface area contributed by atoms with Gasteiger partial charge in [0.15, 0.2) is 0 Å². The number of rotatable bonds is 4. The Morgan fingerprint density at radius 2 is 1.95 bits per heavy atom. The molecule has 5 heteroatoms. The molecule has 5 nitrogen and oxygen atoms in total. The van der Waals surface area contributed by atoms with Crippen LogP contribution in [0.25, 0.3) is 0 Å². The maximum atomic E-state index is 12.3. The minimum Gasteiger partial charge on any atom is -0.371 e. The van der Waals surface area contributed by atoms with Crippen LogP contribution in [-0.2, 0) is 4.79 Å². The number of nitrogens with zero attached hydrogens (tertiary/aromatic N) is 3. The molecule has 0 atom stereocenters. The van der Waals surface area contributed by atoms with Gasteiger partial charge in [-0.15, -0.1) is 0 Å². The van der Waals surface area contributed by atoms with Gasteiger partial charge in [0.1, 0.15) is 11.5 Å². The highest BCUT2D eigenvalue weighted by molar-refractivity contribution is 5.93. The molecular formula is C15H21N3O2. The number of piperidine rings is 1. The van der Waals surface area contributed by atoms with E-state index in [0.717, 1.165) is 18.8 Å². The first-order valence-corrected chi connectivity index (χ1v) is 7.17. The second kappa shape index (κ2) is 6.50. The van der Waals surface area contributed by atoms with E-state index in [1.165, 1.54) is 0 Å². The predicted octanol–water partition coefficient (Wildman–Crippen LogP) is 1.73. The molecule has 0 unspecified atom stereocenters. The molecule has 1 aromatic heterocycles. The van der Waals surface area contributed by atoms with E-state index in [1.54, 1.807) is 11.1 Å². The molecule has 1 fully saturated rings. The minimum atomic E-state index is -0.0371. The lowest BCUT2D eigenvalue weighted by Crippen LogP contribution is -2.34. The molecule has 0 saturated carbocycles. The summed E-state index contributed by atoms with van der Waals surface area (Å²) in [7, 11) is 0. The standard InChI is InChI=1S/C15H21N3O2/c1-3-17(4-2)15(20)14-11-12(5-8-16-14)18-9-6-13(19)7-10-18/h5,8,11H,3-4,6-7,9-10H2,1-2H3. The van der Waals surface area contributed by atoms with Gasteiger partial charge in [-0.2, -0.15) is 0 Å². The van der Waals surface area contributed by atoms with E-state index in [4.69, 9.17) is 0 Å². The minimum absolute atomic E-state index is 0.0371. The summed E-state index contributed by atoms with van der Waals surface area (Å²) in [6.45, 7) is 6.73. The molecule has 0 N–H and O–H groups in total. The maximum absolute atomic E-state index is 12.3. The first-order chi connectivity index (χ1) is 9.65. The second-order valence-corrected chi connectivity index (χ2v) is 4.90. The van der Waals surface area contributed by atoms with Crippen LogP contribution in [0.1, 0.15) is 37.2 Å². The molecule has 0 bridgehead atoms. The normalized spacial score (nSPS) is 15.3. The van der Waals surface area contributed by atoms with Crippen molar-refractivity contribution in [1.29, 1.82) is 0 Å². The molecule has 2 heterocycles. The Labute approximate surface area is 119 Å². The molecule has 1 aliphatic heterocycles. The molecule has 1 saturated heterocycles. The van der Waals surface area contributed by atoms with E-state index in [9.17, 15) is 9.59 Å². The van der Waals surface area contributed by atoms with Crippen LogP contribution >= 0.6 is 0 Å². The number of Topliss-reactive ketones (excluding diaryl/α,β-unsaturated/α-hetero) is 1. The molecule has 0 spiro atoms. The van der Waals surface area contributed by atoms with Crippen molar-refractivity contribution < 1.29 is 9.59 Å². The lowest BCUT2D eigenvalue weighted by Gasteiger charge is -2.28. The molecule has 1 aliphatic rings. The zero-order valence-electron chi connectivity index (χ0n) is 12.1. The summed E-state index contributed by atoms with van der Waals surface area (Å²) in [5, 5.41) is 0. The van der Waals surface area contributed by atoms with Gasteiger partial charge in [-0.1, -0.05) is 0 Å². The number of ketones is 1. The summed E-state index contributed by atoms with van der Waals surface area (Å²) in [6.07, 6.45) is 2.84. The van der Waals surface area contributed by atoms with Gasteiger partial charge in [-0.25, -0.2) is 0 Å². The monoisotopic (exact) mass is 275 g/mol. The van der Waals surface area contributed by atoms with Crippen molar-refractivity contribution in [3.05, 3.63) is 24.0 Å². The maximum Gasteiger partial charge on any atom is 0.272 e. The van der Waals surface area contributed by atoms with Crippen LogP contribution in [0.15, 0.2) is 18.3 Å². The fourth-order valence-electron chi connectivity index (χ4n) is 2.42. The van der Waals surface area contributed by atoms with Gasteiger partial charge in [-0.3, -0.25) is 14.6 Å². The Kier molecular flexibility index (Phi) is 4.71. The topological polar surface area (TPSA) is 53.5 Å². The van der Waals surface area contributed by atoms with E-state index in [2.05, 4.69) is 9.88 Å². The van der Waals surface area contributed by atoms with Crippen molar-refractivity contribution in [2.24, 2.45) is 0 Å². The Morgan fingerprint density at radius 3 is 2.55 bits per heavy atom. The number of aromatic nitrogens is 1. The van der Waals surface area contributed by atoms with E-state index >= 15 is 0 Å². The van der Waals surface area contributed by atoms with Gasteiger partial charge in [0.25, 0.3) is 5.91 Å². The molecule has 20 heavy (non-hydrogen) atoms. The number of amides is 1. The SMILES string of the molecule is CCN(CC)C(=O)c1cc(N2CCC(=O)CC2)ccn1. The third-order valence-electron chi connectivity index (χ3n) is 3.70. The Morgan fingerprint density at radius 1 is 1.30 bits per heavy atom. The molecule has 1 aromatic rings. The van der Waals surface area contributed by atoms with Gasteiger partial charge in [-0.05, 0) is 26.0 Å². The van der Waals surface area contributed by atoms with Crippen LogP contribution in [0.4, 0.5) is 5.69 Å². The summed E-state index contributed by atoms with van der Waals surface area (Å²) in [5.41, 5.74) is 1.45. The highest BCUT2D eigenvalue weighted by Gasteiger charge is 2.19. The Hall–Kier alpha value is -1.91. The van der Waals surface area contributed by atoms with Crippen molar-refractivity contribution in [3.8, 4) is 0 Å². The van der Waals surface area contributed by atoms with E-state index in [1.807, 2.05) is 26.0 Å². The smallest absolute Gasteiger partial charge is 0.272 e. The summed E-state index contributed by atoms with van der Waals surface area (Å²) < 4.78 is 0. The number of anilines is 1. The highest BCUT2D eigenvalue weighted by Crippen LogP contribution is 2.19. The van der Waals surface area contributed by atoms with Crippen molar-refractivity contribution in [2.75, 3.05) is 31.1 Å². The summed E-state index contributed by atoms with van der Waals surface area (Å²) in [4.78, 5) is 31.6. The van der Waals surface area contributed by atoms with Crippen molar-refractivity contribution in [1.82, 2.24) is 9.88 Å². The molecule has 0 aliphatic carbocycles. The molecular weight excluding hydrogens is 254 g/mol. The predicted molar refractivity (Wildman–Crippen MR) is 77.9 cm³/mol. The third kappa shape index (κ3) is 3.15. The van der Waals surface area contributed by atoms with Gasteiger partial charge in [0, 0.05) is 50.9 Å². The zero-order valence-corrected chi connectivity index (χ0v) is 12.1. The number of carbonyl (C=O) groups excluding carboxylic acids is 2. The Balaban J connectivity index is 2.15. The number of carbonyl (C=O) groups is 2. The third-order valence-corrected chi connectivity index (χ3v) is 3.70. The fourth-order valence-corrected chi connectivity index (χ4v) is 2.42. The van der Waals surface area contributed by atoms with Gasteiger partial charge in [0.2, 0.25) is 0 Å². The second-order valence-electron chi connectivity index (χ2n) is 4.90. The number of pyridine rings is 1. The van der Waals surface area contributed by atoms with Gasteiger partial charge >= 0.3 is 0 Å². The average Bonchev–Trinajstić information content (AvgIpc) is 2.49. The van der Waals surface area contributed by atoms with E-state index in [-0.39, 0.29) is 5.91 Å². The summed E-state index contributed by atoms with van der Waals surface area (Å²) >= 11 is 0. The van der Waals surface area contributed by atoms with Crippen LogP contribution in [0, 0.1) is 0 Å². The van der Waals surface area contributed by atoms with E-state index in [0.29, 0.717) is 37.4 Å². The molecule has 108 valence electrons. The average molecular weight is 275 g/mol. The van der Waals surface area contributed by atoms with E-state index < -0.39 is 0 Å². The zero-order chi connectivity index (χ0) is 14.5. The first-order valence-electron chi connectivity index (χ1n) is 7.17. The lowest BCUT2D eigenvalue weighted by atomic mass is 10.1. The number of hydrogen-bond acceptors (Lipinski definition) is 4. The largest absolute Gasteiger partial charge is 0.371 e. The molecule has 2 rings (SSSR count).